The number of carbonyl (C=O) groups is 1. The van der Waals surface area contributed by atoms with E-state index in [9.17, 15) is 4.79 Å². The molecular weight excluding hydrogens is 290 g/mol. The maximum atomic E-state index is 11.9. The topological polar surface area (TPSA) is 40.5 Å². The van der Waals surface area contributed by atoms with Crippen LogP contribution in [0.3, 0.4) is 0 Å². The van der Waals surface area contributed by atoms with Crippen molar-refractivity contribution in [1.29, 1.82) is 0 Å². The number of likely N-dealkylation sites (N-methyl/N-ethyl adjacent to an activating group) is 1. The first-order valence-corrected chi connectivity index (χ1v) is 6.90. The van der Waals surface area contributed by atoms with Crippen molar-refractivity contribution in [1.82, 2.24) is 4.90 Å². The lowest BCUT2D eigenvalue weighted by molar-refractivity contribution is 0.0932. The van der Waals surface area contributed by atoms with Crippen LogP contribution in [0.5, 0.6) is 0 Å². The Morgan fingerprint density at radius 1 is 1.56 bits per heavy atom. The van der Waals surface area contributed by atoms with Gasteiger partial charge < -0.3 is 5.11 Å². The van der Waals surface area contributed by atoms with Gasteiger partial charge in [0.05, 0.1) is 15.2 Å². The standard InChI is InChI=1S/C11H16BrNO2S/c1-2-13(6-3-7-14)8-9(15)10-4-5-11(12)16-10/h4-5,14H,2-3,6-8H2,1H3. The molecule has 0 spiro atoms. The number of rotatable bonds is 7. The van der Waals surface area contributed by atoms with Crippen LogP contribution >= 0.6 is 27.3 Å². The van der Waals surface area contributed by atoms with E-state index in [1.807, 2.05) is 24.0 Å². The lowest BCUT2D eigenvalue weighted by atomic mass is 10.3. The zero-order valence-electron chi connectivity index (χ0n) is 9.28. The SMILES string of the molecule is CCN(CCCO)CC(=O)c1ccc(Br)s1. The number of halogens is 1. The summed E-state index contributed by atoms with van der Waals surface area (Å²) >= 11 is 4.81. The van der Waals surface area contributed by atoms with Crippen LogP contribution in [0.1, 0.15) is 23.0 Å². The van der Waals surface area contributed by atoms with Gasteiger partial charge in [0.2, 0.25) is 0 Å². The van der Waals surface area contributed by atoms with Crippen molar-refractivity contribution < 1.29 is 9.90 Å². The molecule has 0 radical (unpaired) electrons. The van der Waals surface area contributed by atoms with Crippen LogP contribution in [0.4, 0.5) is 0 Å². The highest BCUT2D eigenvalue weighted by molar-refractivity contribution is 9.11. The van der Waals surface area contributed by atoms with Crippen LogP contribution in [0.25, 0.3) is 0 Å². The zero-order chi connectivity index (χ0) is 12.0. The average Bonchev–Trinajstić information content (AvgIpc) is 2.70. The molecule has 0 aliphatic carbocycles. The van der Waals surface area contributed by atoms with E-state index < -0.39 is 0 Å². The number of Topliss-reactive ketones (excluding diaryl/α,β-unsaturated/α-hetero) is 1. The number of hydrogen-bond acceptors (Lipinski definition) is 4. The van der Waals surface area contributed by atoms with Gasteiger partial charge in [-0.15, -0.1) is 11.3 Å². The van der Waals surface area contributed by atoms with Crippen LogP contribution in [-0.2, 0) is 0 Å². The Labute approximate surface area is 108 Å². The average molecular weight is 306 g/mol. The van der Waals surface area contributed by atoms with Gasteiger partial charge >= 0.3 is 0 Å². The molecule has 1 aromatic heterocycles. The number of thiophene rings is 1. The number of carbonyl (C=O) groups excluding carboxylic acids is 1. The highest BCUT2D eigenvalue weighted by Gasteiger charge is 2.12. The maximum Gasteiger partial charge on any atom is 0.186 e. The predicted molar refractivity (Wildman–Crippen MR) is 70.2 cm³/mol. The summed E-state index contributed by atoms with van der Waals surface area (Å²) in [6.07, 6.45) is 0.718. The molecule has 1 heterocycles. The lowest BCUT2D eigenvalue weighted by Crippen LogP contribution is -2.30. The summed E-state index contributed by atoms with van der Waals surface area (Å²) in [5, 5.41) is 8.75. The molecule has 5 heteroatoms. The lowest BCUT2D eigenvalue weighted by Gasteiger charge is -2.18. The van der Waals surface area contributed by atoms with Crippen LogP contribution in [-0.4, -0.2) is 42.0 Å². The summed E-state index contributed by atoms with van der Waals surface area (Å²) in [7, 11) is 0. The largest absolute Gasteiger partial charge is 0.396 e. The van der Waals surface area contributed by atoms with E-state index in [1.54, 1.807) is 0 Å². The van der Waals surface area contributed by atoms with E-state index in [0.29, 0.717) is 6.54 Å². The molecule has 0 fully saturated rings. The number of hydrogen-bond donors (Lipinski definition) is 1. The number of aliphatic hydroxyl groups is 1. The Bertz CT molecular complexity index is 340. The molecule has 3 nitrogen and oxygen atoms in total. The molecule has 1 rings (SSSR count). The van der Waals surface area contributed by atoms with Gasteiger partial charge in [0.15, 0.2) is 5.78 Å². The fourth-order valence-electron chi connectivity index (χ4n) is 1.39. The van der Waals surface area contributed by atoms with Gasteiger partial charge in [0.1, 0.15) is 0 Å². The molecule has 90 valence electrons. The molecule has 0 unspecified atom stereocenters. The number of ketones is 1. The quantitative estimate of drug-likeness (QED) is 0.786. The molecule has 0 aliphatic rings. The number of nitrogens with zero attached hydrogens (tertiary/aromatic N) is 1. The molecule has 0 atom stereocenters. The van der Waals surface area contributed by atoms with Gasteiger partial charge in [-0.25, -0.2) is 0 Å². The monoisotopic (exact) mass is 305 g/mol. The number of aliphatic hydroxyl groups excluding tert-OH is 1. The van der Waals surface area contributed by atoms with Gasteiger partial charge in [-0.1, -0.05) is 6.92 Å². The van der Waals surface area contributed by atoms with E-state index in [0.717, 1.165) is 28.2 Å². The normalized spacial score (nSPS) is 11.0. The Morgan fingerprint density at radius 2 is 2.31 bits per heavy atom. The third-order valence-corrected chi connectivity index (χ3v) is 3.96. The third-order valence-electron chi connectivity index (χ3n) is 2.29. The van der Waals surface area contributed by atoms with Crippen molar-refractivity contribution in [3.8, 4) is 0 Å². The zero-order valence-corrected chi connectivity index (χ0v) is 11.7. The first-order chi connectivity index (χ1) is 7.67. The molecule has 0 saturated carbocycles. The second-order valence-corrected chi connectivity index (χ2v) is 5.94. The van der Waals surface area contributed by atoms with Crippen molar-refractivity contribution >= 4 is 33.0 Å². The minimum atomic E-state index is 0.149. The Balaban J connectivity index is 2.48. The smallest absolute Gasteiger partial charge is 0.186 e. The maximum absolute atomic E-state index is 11.9. The third kappa shape index (κ3) is 4.33. The molecule has 0 aliphatic heterocycles. The predicted octanol–water partition coefficient (Wildman–Crippen LogP) is 2.40. The van der Waals surface area contributed by atoms with E-state index >= 15 is 0 Å². The van der Waals surface area contributed by atoms with Gasteiger partial charge in [-0.05, 0) is 41.0 Å². The fourth-order valence-corrected chi connectivity index (χ4v) is 2.70. The van der Waals surface area contributed by atoms with Crippen LogP contribution in [0.2, 0.25) is 0 Å². The van der Waals surface area contributed by atoms with Crippen molar-refractivity contribution in [2.24, 2.45) is 0 Å². The molecule has 16 heavy (non-hydrogen) atoms. The van der Waals surface area contributed by atoms with Gasteiger partial charge in [-0.3, -0.25) is 9.69 Å². The second-order valence-electron chi connectivity index (χ2n) is 3.47. The molecule has 1 aromatic rings. The molecular formula is C11H16BrNO2S. The van der Waals surface area contributed by atoms with E-state index in [-0.39, 0.29) is 12.4 Å². The van der Waals surface area contributed by atoms with E-state index in [2.05, 4.69) is 15.9 Å². The minimum absolute atomic E-state index is 0.149. The molecule has 0 bridgehead atoms. The van der Waals surface area contributed by atoms with Crippen molar-refractivity contribution in [2.75, 3.05) is 26.2 Å². The first kappa shape index (κ1) is 13.8. The summed E-state index contributed by atoms with van der Waals surface area (Å²) in [6, 6.07) is 3.73. The summed E-state index contributed by atoms with van der Waals surface area (Å²) in [4.78, 5) is 14.7. The van der Waals surface area contributed by atoms with Crippen molar-refractivity contribution in [3.63, 3.8) is 0 Å². The molecule has 1 N–H and O–H groups in total. The molecule has 0 aromatic carbocycles. The van der Waals surface area contributed by atoms with Crippen molar-refractivity contribution in [2.45, 2.75) is 13.3 Å². The summed E-state index contributed by atoms with van der Waals surface area (Å²) in [5.74, 6) is 0.149. The minimum Gasteiger partial charge on any atom is -0.396 e. The van der Waals surface area contributed by atoms with E-state index in [4.69, 9.17) is 5.11 Å². The molecule has 0 amide bonds. The van der Waals surface area contributed by atoms with Crippen LogP contribution in [0, 0.1) is 0 Å². The van der Waals surface area contributed by atoms with Crippen molar-refractivity contribution in [3.05, 3.63) is 20.8 Å². The summed E-state index contributed by atoms with van der Waals surface area (Å²) < 4.78 is 0.981. The van der Waals surface area contributed by atoms with Crippen LogP contribution in [0.15, 0.2) is 15.9 Å². The second kappa shape index (κ2) is 7.17. The Kier molecular flexibility index (Phi) is 6.20. The Morgan fingerprint density at radius 3 is 2.81 bits per heavy atom. The van der Waals surface area contributed by atoms with E-state index in [1.165, 1.54) is 11.3 Å². The highest BCUT2D eigenvalue weighted by atomic mass is 79.9. The fraction of sp³-hybridized carbons (Fsp3) is 0.545. The Hall–Kier alpha value is -0.230. The van der Waals surface area contributed by atoms with Gasteiger partial charge in [-0.2, -0.15) is 0 Å². The summed E-state index contributed by atoms with van der Waals surface area (Å²) in [6.45, 7) is 4.23. The van der Waals surface area contributed by atoms with Gasteiger partial charge in [0, 0.05) is 13.2 Å². The van der Waals surface area contributed by atoms with Gasteiger partial charge in [0.25, 0.3) is 0 Å². The van der Waals surface area contributed by atoms with Crippen LogP contribution < -0.4 is 0 Å². The first-order valence-electron chi connectivity index (χ1n) is 5.29. The highest BCUT2D eigenvalue weighted by Crippen LogP contribution is 2.22. The summed E-state index contributed by atoms with van der Waals surface area (Å²) in [5.41, 5.74) is 0. The molecule has 0 saturated heterocycles.